The number of alkyl halides is 3. The first kappa shape index (κ1) is 29.3. The highest BCUT2D eigenvalue weighted by Gasteiger charge is 2.35. The van der Waals surface area contributed by atoms with Gasteiger partial charge in [0.15, 0.2) is 5.82 Å². The third kappa shape index (κ3) is 7.11. The Hall–Kier alpha value is -4.65. The van der Waals surface area contributed by atoms with E-state index in [1.807, 2.05) is 0 Å². The molecular formula is C27H22ClF4N5O4. The molecule has 3 aromatic carbocycles. The molecule has 0 aliphatic rings. The van der Waals surface area contributed by atoms with Gasteiger partial charge in [-0.25, -0.2) is 18.7 Å². The van der Waals surface area contributed by atoms with Crippen molar-refractivity contribution in [2.75, 3.05) is 6.61 Å². The second-order valence-electron chi connectivity index (χ2n) is 8.78. The number of amides is 2. The number of benzene rings is 3. The Morgan fingerprint density at radius 3 is 2.34 bits per heavy atom. The van der Waals surface area contributed by atoms with Gasteiger partial charge in [0.1, 0.15) is 19.0 Å². The van der Waals surface area contributed by atoms with E-state index in [1.165, 1.54) is 30.3 Å². The fourth-order valence-electron chi connectivity index (χ4n) is 4.11. The minimum Gasteiger partial charge on any atom is -0.447 e. The lowest BCUT2D eigenvalue weighted by molar-refractivity contribution is -0.139. The van der Waals surface area contributed by atoms with Crippen LogP contribution in [0.3, 0.4) is 0 Å². The van der Waals surface area contributed by atoms with Crippen LogP contribution < -0.4 is 16.7 Å². The number of aromatic nitrogens is 3. The minimum atomic E-state index is -4.78. The fraction of sp³-hybridized carbons (Fsp3) is 0.185. The Bertz CT molecular complexity index is 1620. The number of rotatable bonds is 9. The van der Waals surface area contributed by atoms with E-state index in [9.17, 15) is 31.9 Å². The largest absolute Gasteiger partial charge is 0.447 e. The summed E-state index contributed by atoms with van der Waals surface area (Å²) in [5, 5.41) is 7.01. The molecule has 1 aromatic heterocycles. The zero-order valence-corrected chi connectivity index (χ0v) is 21.8. The average Bonchev–Trinajstić information content (AvgIpc) is 3.22. The van der Waals surface area contributed by atoms with E-state index in [0.29, 0.717) is 10.6 Å². The van der Waals surface area contributed by atoms with Gasteiger partial charge in [-0.05, 0) is 42.0 Å². The molecule has 3 N–H and O–H groups in total. The third-order valence-electron chi connectivity index (χ3n) is 5.97. The zero-order chi connectivity index (χ0) is 29.7. The van der Waals surface area contributed by atoms with Crippen molar-refractivity contribution in [1.82, 2.24) is 19.7 Å². The van der Waals surface area contributed by atoms with E-state index in [4.69, 9.17) is 22.1 Å². The summed E-state index contributed by atoms with van der Waals surface area (Å²) in [6, 6.07) is 15.0. The van der Waals surface area contributed by atoms with Crippen LogP contribution in [0.2, 0.25) is 5.02 Å². The van der Waals surface area contributed by atoms with E-state index in [-0.39, 0.29) is 23.5 Å². The topological polar surface area (TPSA) is 121 Å². The molecule has 9 nitrogen and oxygen atoms in total. The quantitative estimate of drug-likeness (QED) is 0.277. The summed E-state index contributed by atoms with van der Waals surface area (Å²) in [5.74, 6) is -1.38. The lowest BCUT2D eigenvalue weighted by Crippen LogP contribution is -2.38. The predicted octanol–water partition coefficient (Wildman–Crippen LogP) is 4.52. The monoisotopic (exact) mass is 591 g/mol. The number of hydrogen-bond acceptors (Lipinski definition) is 5. The molecule has 0 radical (unpaired) electrons. The van der Waals surface area contributed by atoms with E-state index in [1.54, 1.807) is 30.3 Å². The van der Waals surface area contributed by atoms with Crippen LogP contribution in [0.15, 0.2) is 77.6 Å². The molecule has 14 heteroatoms. The van der Waals surface area contributed by atoms with Crippen LogP contribution in [0.1, 0.15) is 22.7 Å². The molecule has 0 saturated carbocycles. The van der Waals surface area contributed by atoms with Crippen LogP contribution >= 0.6 is 11.6 Å². The molecule has 0 spiro atoms. The molecule has 1 heterocycles. The smallest absolute Gasteiger partial charge is 0.416 e. The third-order valence-corrected chi connectivity index (χ3v) is 6.23. The molecule has 2 amide bonds. The van der Waals surface area contributed by atoms with Gasteiger partial charge < -0.3 is 15.8 Å². The van der Waals surface area contributed by atoms with Gasteiger partial charge in [0.2, 0.25) is 5.91 Å². The minimum absolute atomic E-state index is 0.0961. The van der Waals surface area contributed by atoms with Crippen molar-refractivity contribution in [2.24, 2.45) is 5.73 Å². The fourth-order valence-corrected chi connectivity index (χ4v) is 4.23. The molecule has 41 heavy (non-hydrogen) atoms. The first-order valence-corrected chi connectivity index (χ1v) is 12.4. The molecule has 4 rings (SSSR count). The van der Waals surface area contributed by atoms with Crippen molar-refractivity contribution in [1.29, 1.82) is 0 Å². The first-order chi connectivity index (χ1) is 19.4. The van der Waals surface area contributed by atoms with Gasteiger partial charge >= 0.3 is 18.0 Å². The maximum Gasteiger partial charge on any atom is 0.416 e. The van der Waals surface area contributed by atoms with Gasteiger partial charge in [-0.1, -0.05) is 48.0 Å². The SMILES string of the molecule is NC(=O)OCC(NC(=O)Cn1nc(-c2ccc(Cl)cc2)n(Cc2ccccc2F)c1=O)c1ccccc1C(F)(F)F. The number of hydrogen-bond donors (Lipinski definition) is 2. The zero-order valence-electron chi connectivity index (χ0n) is 21.1. The van der Waals surface area contributed by atoms with Crippen LogP contribution in [-0.2, 0) is 28.8 Å². The molecule has 214 valence electrons. The lowest BCUT2D eigenvalue weighted by Gasteiger charge is -2.22. The molecular weight excluding hydrogens is 570 g/mol. The van der Waals surface area contributed by atoms with Crippen molar-refractivity contribution < 1.29 is 31.9 Å². The highest BCUT2D eigenvalue weighted by molar-refractivity contribution is 6.30. The van der Waals surface area contributed by atoms with E-state index < -0.39 is 54.4 Å². The van der Waals surface area contributed by atoms with Gasteiger partial charge in [0, 0.05) is 16.1 Å². The van der Waals surface area contributed by atoms with E-state index in [0.717, 1.165) is 21.4 Å². The molecule has 0 saturated heterocycles. The summed E-state index contributed by atoms with van der Waals surface area (Å²) < 4.78 is 62.0. The van der Waals surface area contributed by atoms with Crippen LogP contribution in [-0.4, -0.2) is 33.0 Å². The Balaban J connectivity index is 1.67. The number of nitrogens with zero attached hydrogens (tertiary/aromatic N) is 3. The van der Waals surface area contributed by atoms with E-state index in [2.05, 4.69) is 10.4 Å². The molecule has 4 aromatic rings. The number of nitrogens with two attached hydrogens (primary N) is 1. The number of nitrogens with one attached hydrogen (secondary N) is 1. The molecule has 0 bridgehead atoms. The molecule has 0 aliphatic heterocycles. The Morgan fingerprint density at radius 1 is 1.02 bits per heavy atom. The standard InChI is InChI=1S/C27H22ClF4N5O4/c28-18-11-9-16(10-12-18)24-35-37(26(40)36(24)13-17-5-1-4-8-21(17)29)14-23(38)34-22(15-41-25(33)39)19-6-2-3-7-20(19)27(30,31)32/h1-12,22H,13-15H2,(H2,33,39)(H,34,38). The average molecular weight is 592 g/mol. The number of halogens is 5. The maximum atomic E-state index is 14.4. The van der Waals surface area contributed by atoms with E-state index >= 15 is 0 Å². The highest BCUT2D eigenvalue weighted by Crippen LogP contribution is 2.34. The summed E-state index contributed by atoms with van der Waals surface area (Å²) in [6.45, 7) is -1.65. The van der Waals surface area contributed by atoms with Gasteiger partial charge in [0.25, 0.3) is 0 Å². The van der Waals surface area contributed by atoms with Crippen LogP contribution in [0.25, 0.3) is 11.4 Å². The van der Waals surface area contributed by atoms with Crippen LogP contribution in [0.5, 0.6) is 0 Å². The Kier molecular flexibility index (Phi) is 8.77. The molecule has 1 unspecified atom stereocenters. The lowest BCUT2D eigenvalue weighted by atomic mass is 10.00. The number of primary amides is 1. The van der Waals surface area contributed by atoms with Gasteiger partial charge in [-0.15, -0.1) is 5.10 Å². The predicted molar refractivity (Wildman–Crippen MR) is 140 cm³/mol. The van der Waals surface area contributed by atoms with Gasteiger partial charge in [-0.3, -0.25) is 9.36 Å². The normalized spacial score (nSPS) is 12.1. The van der Waals surface area contributed by atoms with Crippen molar-refractivity contribution in [3.05, 3.63) is 111 Å². The van der Waals surface area contributed by atoms with Crippen molar-refractivity contribution >= 4 is 23.6 Å². The number of carbonyl (C=O) groups is 2. The summed E-state index contributed by atoms with van der Waals surface area (Å²) >= 11 is 5.97. The molecule has 0 fully saturated rings. The Morgan fingerprint density at radius 2 is 1.68 bits per heavy atom. The van der Waals surface area contributed by atoms with Crippen molar-refractivity contribution in [3.8, 4) is 11.4 Å². The van der Waals surface area contributed by atoms with Crippen molar-refractivity contribution in [3.63, 3.8) is 0 Å². The maximum absolute atomic E-state index is 14.4. The second-order valence-corrected chi connectivity index (χ2v) is 9.22. The summed E-state index contributed by atoms with van der Waals surface area (Å²) in [6.07, 6.45) is -6.04. The molecule has 1 atom stereocenters. The number of ether oxygens (including phenoxy) is 1. The molecule has 0 aliphatic carbocycles. The van der Waals surface area contributed by atoms with Gasteiger partial charge in [-0.2, -0.15) is 13.2 Å². The first-order valence-electron chi connectivity index (χ1n) is 12.0. The van der Waals surface area contributed by atoms with Gasteiger partial charge in [0.05, 0.1) is 18.2 Å². The second kappa shape index (κ2) is 12.3. The highest BCUT2D eigenvalue weighted by atomic mass is 35.5. The number of carbonyl (C=O) groups excluding carboxylic acids is 2. The summed E-state index contributed by atoms with van der Waals surface area (Å²) in [4.78, 5) is 37.5. The Labute approximate surface area is 235 Å². The summed E-state index contributed by atoms with van der Waals surface area (Å²) in [7, 11) is 0. The van der Waals surface area contributed by atoms with Crippen LogP contribution in [0.4, 0.5) is 22.4 Å². The summed E-state index contributed by atoms with van der Waals surface area (Å²) in [5.41, 5.74) is 3.38. The van der Waals surface area contributed by atoms with Crippen molar-refractivity contribution in [2.45, 2.75) is 25.3 Å². The van der Waals surface area contributed by atoms with Crippen LogP contribution in [0, 0.1) is 5.82 Å².